The van der Waals surface area contributed by atoms with Gasteiger partial charge in [-0.2, -0.15) is 4.39 Å². The predicted molar refractivity (Wildman–Crippen MR) is 89.9 cm³/mol. The van der Waals surface area contributed by atoms with Gasteiger partial charge in [-0.3, -0.25) is 14.9 Å². The molecule has 26 heavy (non-hydrogen) atoms. The molecule has 0 spiro atoms. The van der Waals surface area contributed by atoms with E-state index >= 15 is 0 Å². The molecule has 0 bridgehead atoms. The monoisotopic (exact) mass is 383 g/mol. The molecule has 11 heteroatoms. The summed E-state index contributed by atoms with van der Waals surface area (Å²) in [6.45, 7) is -0.612. The summed E-state index contributed by atoms with van der Waals surface area (Å²) in [4.78, 5) is 21.5. The molecule has 1 amide bonds. The Kier molecular flexibility index (Phi) is 5.85. The number of hydrogen-bond donors (Lipinski definition) is 2. The maximum absolute atomic E-state index is 13.2. The molecule has 0 aromatic heterocycles. The molecule has 0 radical (unpaired) electrons. The average molecular weight is 383 g/mol. The summed E-state index contributed by atoms with van der Waals surface area (Å²) in [5.41, 5.74) is -0.839. The van der Waals surface area contributed by atoms with Gasteiger partial charge in [-0.1, -0.05) is 0 Å². The van der Waals surface area contributed by atoms with Gasteiger partial charge in [0.15, 0.2) is 0 Å². The van der Waals surface area contributed by atoms with Crippen molar-refractivity contribution in [2.45, 2.75) is 4.90 Å². The maximum Gasteiger partial charge on any atom is 0.306 e. The highest BCUT2D eigenvalue weighted by atomic mass is 32.2. The minimum atomic E-state index is -3.94. The molecule has 0 heterocycles. The Morgan fingerprint density at radius 3 is 2.46 bits per heavy atom. The first-order chi connectivity index (χ1) is 12.2. The Bertz CT molecular complexity index is 931. The lowest BCUT2D eigenvalue weighted by atomic mass is 10.2. The first kappa shape index (κ1) is 19.3. The minimum absolute atomic E-state index is 0.0354. The van der Waals surface area contributed by atoms with Gasteiger partial charge in [0.2, 0.25) is 21.7 Å². The van der Waals surface area contributed by atoms with Crippen molar-refractivity contribution in [3.05, 3.63) is 58.4 Å². The third-order valence-electron chi connectivity index (χ3n) is 3.22. The number of carbonyl (C=O) groups is 1. The highest BCUT2D eigenvalue weighted by Crippen LogP contribution is 2.21. The van der Waals surface area contributed by atoms with E-state index in [2.05, 4.69) is 10.0 Å². The maximum atomic E-state index is 13.2. The van der Waals surface area contributed by atoms with Crippen molar-refractivity contribution in [2.24, 2.45) is 0 Å². The molecular formula is C15H14FN3O6S. The van der Waals surface area contributed by atoms with Crippen LogP contribution in [0.15, 0.2) is 47.4 Å². The number of carbonyl (C=O) groups excluding carboxylic acids is 1. The number of anilines is 1. The van der Waals surface area contributed by atoms with Crippen LogP contribution in [-0.2, 0) is 14.8 Å². The number of hydrogen-bond acceptors (Lipinski definition) is 6. The van der Waals surface area contributed by atoms with Crippen molar-refractivity contribution in [1.82, 2.24) is 4.72 Å². The molecule has 0 aliphatic rings. The summed E-state index contributed by atoms with van der Waals surface area (Å²) in [5.74, 6) is -1.35. The number of nitrogens with zero attached hydrogens (tertiary/aromatic N) is 1. The van der Waals surface area contributed by atoms with Crippen LogP contribution < -0.4 is 14.8 Å². The standard InChI is InChI=1S/C15H14FN3O6S/c1-25-11-3-5-12(6-4-11)26(23,24)17-9-15(20)18-10-2-7-13(16)14(8-10)19(21)22/h2-8,17H,9H2,1H3,(H,18,20). The number of sulfonamides is 1. The van der Waals surface area contributed by atoms with Crippen LogP contribution in [0.3, 0.4) is 0 Å². The average Bonchev–Trinajstić information content (AvgIpc) is 2.61. The summed E-state index contributed by atoms with van der Waals surface area (Å²) in [6, 6.07) is 8.31. The predicted octanol–water partition coefficient (Wildman–Crippen LogP) is 1.66. The topological polar surface area (TPSA) is 128 Å². The highest BCUT2D eigenvalue weighted by molar-refractivity contribution is 7.89. The van der Waals surface area contributed by atoms with Crippen LogP contribution in [0.25, 0.3) is 0 Å². The molecule has 0 fully saturated rings. The third-order valence-corrected chi connectivity index (χ3v) is 4.64. The quantitative estimate of drug-likeness (QED) is 0.553. The number of amides is 1. The van der Waals surface area contributed by atoms with Gasteiger partial charge in [-0.05, 0) is 36.4 Å². The smallest absolute Gasteiger partial charge is 0.306 e. The fraction of sp³-hybridized carbons (Fsp3) is 0.133. The fourth-order valence-electron chi connectivity index (χ4n) is 1.93. The normalized spacial score (nSPS) is 11.0. The molecule has 0 atom stereocenters. The number of nitro groups is 1. The summed E-state index contributed by atoms with van der Waals surface area (Å²) in [6.07, 6.45) is 0. The largest absolute Gasteiger partial charge is 0.497 e. The second kappa shape index (κ2) is 7.89. The van der Waals surface area contributed by atoms with E-state index in [0.717, 1.165) is 18.2 Å². The lowest BCUT2D eigenvalue weighted by Gasteiger charge is -2.08. The molecule has 2 aromatic rings. The molecule has 9 nitrogen and oxygen atoms in total. The fourth-order valence-corrected chi connectivity index (χ4v) is 2.92. The Balaban J connectivity index is 2.01. The molecule has 0 unspecified atom stereocenters. The number of nitrogens with one attached hydrogen (secondary N) is 2. The van der Waals surface area contributed by atoms with Crippen LogP contribution in [0.4, 0.5) is 15.8 Å². The van der Waals surface area contributed by atoms with E-state index in [-0.39, 0.29) is 10.6 Å². The number of benzene rings is 2. The molecule has 0 aliphatic heterocycles. The van der Waals surface area contributed by atoms with E-state index in [1.807, 2.05) is 0 Å². The molecule has 0 aliphatic carbocycles. The number of methoxy groups -OCH3 is 1. The molecule has 2 aromatic carbocycles. The van der Waals surface area contributed by atoms with Gasteiger partial charge in [-0.15, -0.1) is 0 Å². The van der Waals surface area contributed by atoms with Crippen LogP contribution >= 0.6 is 0 Å². The summed E-state index contributed by atoms with van der Waals surface area (Å²) in [5, 5.41) is 12.9. The van der Waals surface area contributed by atoms with E-state index in [9.17, 15) is 27.7 Å². The molecule has 0 saturated carbocycles. The Morgan fingerprint density at radius 1 is 1.23 bits per heavy atom. The van der Waals surface area contributed by atoms with Crippen LogP contribution in [0.5, 0.6) is 5.75 Å². The van der Waals surface area contributed by atoms with Gasteiger partial charge in [0, 0.05) is 11.8 Å². The van der Waals surface area contributed by atoms with Crippen molar-refractivity contribution in [1.29, 1.82) is 0 Å². The van der Waals surface area contributed by atoms with Gasteiger partial charge in [0.05, 0.1) is 23.5 Å². The highest BCUT2D eigenvalue weighted by Gasteiger charge is 2.18. The first-order valence-electron chi connectivity index (χ1n) is 7.10. The lowest BCUT2D eigenvalue weighted by molar-refractivity contribution is -0.387. The molecule has 138 valence electrons. The molecular weight excluding hydrogens is 369 g/mol. The third kappa shape index (κ3) is 4.74. The van der Waals surface area contributed by atoms with Crippen molar-refractivity contribution in [3.63, 3.8) is 0 Å². The Labute approximate surface area is 148 Å². The van der Waals surface area contributed by atoms with Crippen molar-refractivity contribution < 1.29 is 27.3 Å². The second-order valence-corrected chi connectivity index (χ2v) is 6.74. The van der Waals surface area contributed by atoms with E-state index in [0.29, 0.717) is 5.75 Å². The van der Waals surface area contributed by atoms with Crippen LogP contribution in [0.2, 0.25) is 0 Å². The summed E-state index contributed by atoms with van der Waals surface area (Å²) in [7, 11) is -2.50. The summed E-state index contributed by atoms with van der Waals surface area (Å²) < 4.78 is 44.5. The Morgan fingerprint density at radius 2 is 1.88 bits per heavy atom. The van der Waals surface area contributed by atoms with E-state index in [1.54, 1.807) is 0 Å². The van der Waals surface area contributed by atoms with Crippen LogP contribution in [0.1, 0.15) is 0 Å². The van der Waals surface area contributed by atoms with Gasteiger partial charge in [0.1, 0.15) is 5.75 Å². The van der Waals surface area contributed by atoms with Gasteiger partial charge in [-0.25, -0.2) is 13.1 Å². The van der Waals surface area contributed by atoms with E-state index in [1.165, 1.54) is 31.4 Å². The zero-order valence-corrected chi connectivity index (χ0v) is 14.2. The molecule has 0 saturated heterocycles. The lowest BCUT2D eigenvalue weighted by Crippen LogP contribution is -2.32. The number of halogens is 1. The minimum Gasteiger partial charge on any atom is -0.497 e. The van der Waals surface area contributed by atoms with Crippen LogP contribution in [0, 0.1) is 15.9 Å². The van der Waals surface area contributed by atoms with E-state index < -0.39 is 38.9 Å². The zero-order chi connectivity index (χ0) is 19.3. The zero-order valence-electron chi connectivity index (χ0n) is 13.4. The second-order valence-electron chi connectivity index (χ2n) is 4.97. The van der Waals surface area contributed by atoms with E-state index in [4.69, 9.17) is 4.74 Å². The number of ether oxygens (including phenoxy) is 1. The number of rotatable bonds is 7. The van der Waals surface area contributed by atoms with Gasteiger partial charge >= 0.3 is 5.69 Å². The Hall–Kier alpha value is -3.05. The first-order valence-corrected chi connectivity index (χ1v) is 8.59. The van der Waals surface area contributed by atoms with Crippen molar-refractivity contribution in [3.8, 4) is 5.75 Å². The van der Waals surface area contributed by atoms with Gasteiger partial charge in [0.25, 0.3) is 0 Å². The SMILES string of the molecule is COc1ccc(S(=O)(=O)NCC(=O)Nc2ccc(F)c([N+](=O)[O-])c2)cc1. The van der Waals surface area contributed by atoms with Gasteiger partial charge < -0.3 is 10.1 Å². The van der Waals surface area contributed by atoms with Crippen molar-refractivity contribution >= 4 is 27.3 Å². The molecule has 2 N–H and O–H groups in total. The van der Waals surface area contributed by atoms with Crippen LogP contribution in [-0.4, -0.2) is 32.9 Å². The number of nitro benzene ring substituents is 1. The summed E-state index contributed by atoms with van der Waals surface area (Å²) >= 11 is 0. The molecule has 2 rings (SSSR count). The van der Waals surface area contributed by atoms with Crippen molar-refractivity contribution in [2.75, 3.05) is 19.0 Å².